The highest BCUT2D eigenvalue weighted by atomic mass is 35.5. The van der Waals surface area contributed by atoms with Gasteiger partial charge in [0.25, 0.3) is 0 Å². The first kappa shape index (κ1) is 14.8. The molecule has 3 rings (SSSR count). The number of hydrogen-bond donors (Lipinski definition) is 0. The molecule has 0 bridgehead atoms. The molecule has 1 aliphatic carbocycles. The molecule has 22 heavy (non-hydrogen) atoms. The number of amides is 2. The first-order chi connectivity index (χ1) is 10.5. The van der Waals surface area contributed by atoms with Gasteiger partial charge >= 0.3 is 5.97 Å². The second kappa shape index (κ2) is 5.57. The highest BCUT2D eigenvalue weighted by Crippen LogP contribution is 2.40. The predicted octanol–water partition coefficient (Wildman–Crippen LogP) is 2.63. The van der Waals surface area contributed by atoms with Crippen LogP contribution in [0.25, 0.3) is 0 Å². The number of rotatable bonds is 2. The van der Waals surface area contributed by atoms with E-state index >= 15 is 0 Å². The molecule has 0 unspecified atom stereocenters. The van der Waals surface area contributed by atoms with Crippen LogP contribution in [0.1, 0.15) is 19.8 Å². The van der Waals surface area contributed by atoms with Crippen molar-refractivity contribution < 1.29 is 19.1 Å². The lowest BCUT2D eigenvalue weighted by Crippen LogP contribution is -2.30. The summed E-state index contributed by atoms with van der Waals surface area (Å²) in [6.07, 6.45) is 2.72. The average Bonchev–Trinajstić information content (AvgIpc) is 2.71. The molecule has 2 amide bonds. The average molecular weight is 320 g/mol. The van der Waals surface area contributed by atoms with Crippen LogP contribution in [0, 0.1) is 11.8 Å². The van der Waals surface area contributed by atoms with Gasteiger partial charge in [-0.3, -0.25) is 19.3 Å². The van der Waals surface area contributed by atoms with E-state index in [-0.39, 0.29) is 23.7 Å². The number of halogens is 1. The zero-order chi connectivity index (χ0) is 15.9. The van der Waals surface area contributed by atoms with E-state index < -0.39 is 5.97 Å². The highest BCUT2D eigenvalue weighted by molar-refractivity contribution is 6.30. The number of imide groups is 1. The topological polar surface area (TPSA) is 63.7 Å². The molecular weight excluding hydrogens is 306 g/mol. The summed E-state index contributed by atoms with van der Waals surface area (Å²) in [6, 6.07) is 6.32. The lowest BCUT2D eigenvalue weighted by molar-refractivity contribution is -0.132. The van der Waals surface area contributed by atoms with Crippen molar-refractivity contribution in [2.75, 3.05) is 4.90 Å². The van der Waals surface area contributed by atoms with Gasteiger partial charge in [-0.05, 0) is 37.1 Å². The fourth-order valence-electron chi connectivity index (χ4n) is 2.91. The summed E-state index contributed by atoms with van der Waals surface area (Å²) < 4.78 is 4.94. The van der Waals surface area contributed by atoms with Crippen molar-refractivity contribution in [2.24, 2.45) is 11.8 Å². The van der Waals surface area contributed by atoms with Crippen LogP contribution in [0.15, 0.2) is 35.4 Å². The Labute approximate surface area is 132 Å². The Kier molecular flexibility index (Phi) is 3.74. The molecular formula is C16H14ClNO4. The molecule has 2 atom stereocenters. The third kappa shape index (κ3) is 2.52. The number of esters is 1. The van der Waals surface area contributed by atoms with E-state index in [1.54, 1.807) is 30.3 Å². The smallest absolute Gasteiger partial charge is 0.308 e. The van der Waals surface area contributed by atoms with Crippen molar-refractivity contribution in [2.45, 2.75) is 19.8 Å². The van der Waals surface area contributed by atoms with E-state index in [1.807, 2.05) is 0 Å². The molecule has 0 N–H and O–H groups in total. The van der Waals surface area contributed by atoms with Crippen molar-refractivity contribution >= 4 is 35.1 Å². The predicted molar refractivity (Wildman–Crippen MR) is 80.4 cm³/mol. The maximum atomic E-state index is 12.5. The molecule has 1 heterocycles. The normalized spacial score (nSPS) is 24.1. The molecule has 1 saturated heterocycles. The Bertz CT molecular complexity index is 680. The first-order valence-electron chi connectivity index (χ1n) is 6.98. The van der Waals surface area contributed by atoms with Crippen molar-refractivity contribution in [1.29, 1.82) is 0 Å². The molecule has 2 aliphatic rings. The number of nitrogens with zero attached hydrogens (tertiary/aromatic N) is 1. The summed E-state index contributed by atoms with van der Waals surface area (Å²) in [5, 5.41) is 0.634. The van der Waals surface area contributed by atoms with Gasteiger partial charge in [0.1, 0.15) is 5.75 Å². The van der Waals surface area contributed by atoms with Gasteiger partial charge in [-0.15, -0.1) is 0 Å². The van der Waals surface area contributed by atoms with Gasteiger partial charge in [0.15, 0.2) is 0 Å². The summed E-state index contributed by atoms with van der Waals surface area (Å²) in [5.74, 6) is -1.18. The van der Waals surface area contributed by atoms with Crippen molar-refractivity contribution in [3.05, 3.63) is 35.4 Å². The number of allylic oxidation sites excluding steroid dienone is 2. The van der Waals surface area contributed by atoms with Gasteiger partial charge in [0, 0.05) is 12.0 Å². The third-order valence-corrected chi connectivity index (χ3v) is 4.23. The Morgan fingerprint density at radius 1 is 1.18 bits per heavy atom. The summed E-state index contributed by atoms with van der Waals surface area (Å²) in [6.45, 7) is 1.31. The van der Waals surface area contributed by atoms with Gasteiger partial charge in [0.2, 0.25) is 11.8 Å². The monoisotopic (exact) mass is 319 g/mol. The molecule has 114 valence electrons. The Hall–Kier alpha value is -2.14. The molecule has 1 fully saturated rings. The second-order valence-corrected chi connectivity index (χ2v) is 5.89. The summed E-state index contributed by atoms with van der Waals surface area (Å²) in [7, 11) is 0. The number of ether oxygens (including phenoxy) is 1. The molecule has 0 aromatic heterocycles. The number of carbonyl (C=O) groups is 3. The number of benzene rings is 1. The molecule has 6 heteroatoms. The molecule has 1 aromatic rings. The fourth-order valence-corrected chi connectivity index (χ4v) is 3.17. The lowest BCUT2D eigenvalue weighted by Gasteiger charge is -2.17. The van der Waals surface area contributed by atoms with E-state index in [0.717, 1.165) is 0 Å². The first-order valence-corrected chi connectivity index (χ1v) is 7.36. The zero-order valence-corrected chi connectivity index (χ0v) is 12.7. The highest BCUT2D eigenvalue weighted by Gasteiger charge is 2.48. The number of carbonyl (C=O) groups excluding carboxylic acids is 3. The third-order valence-electron chi connectivity index (χ3n) is 3.93. The largest absolute Gasteiger partial charge is 0.427 e. The Balaban J connectivity index is 1.85. The fraction of sp³-hybridized carbons (Fsp3) is 0.312. The van der Waals surface area contributed by atoms with Crippen LogP contribution < -0.4 is 9.64 Å². The summed E-state index contributed by atoms with van der Waals surface area (Å²) in [5.41, 5.74) is 0.483. The van der Waals surface area contributed by atoms with Crippen LogP contribution in [0.5, 0.6) is 5.75 Å². The van der Waals surface area contributed by atoms with Crippen LogP contribution in [0.3, 0.4) is 0 Å². The zero-order valence-electron chi connectivity index (χ0n) is 11.9. The molecule has 1 aliphatic heterocycles. The van der Waals surface area contributed by atoms with E-state index in [4.69, 9.17) is 16.3 Å². The maximum Gasteiger partial charge on any atom is 0.308 e. The summed E-state index contributed by atoms with van der Waals surface area (Å²) >= 11 is 5.99. The molecule has 1 aromatic carbocycles. The lowest BCUT2D eigenvalue weighted by atomic mass is 9.85. The molecule has 0 spiro atoms. The minimum absolute atomic E-state index is 0.198. The molecule has 0 saturated carbocycles. The van der Waals surface area contributed by atoms with Crippen molar-refractivity contribution in [3.8, 4) is 5.75 Å². The Morgan fingerprint density at radius 2 is 1.82 bits per heavy atom. The van der Waals surface area contributed by atoms with Crippen LogP contribution in [0.2, 0.25) is 0 Å². The minimum atomic E-state index is -0.423. The second-order valence-electron chi connectivity index (χ2n) is 5.40. The van der Waals surface area contributed by atoms with E-state index in [0.29, 0.717) is 29.3 Å². The van der Waals surface area contributed by atoms with Crippen LogP contribution in [0.4, 0.5) is 5.69 Å². The Morgan fingerprint density at radius 3 is 2.45 bits per heavy atom. The summed E-state index contributed by atoms with van der Waals surface area (Å²) in [4.78, 5) is 37.1. The van der Waals surface area contributed by atoms with E-state index in [2.05, 4.69) is 0 Å². The molecule has 0 radical (unpaired) electrons. The van der Waals surface area contributed by atoms with Gasteiger partial charge in [-0.2, -0.15) is 0 Å². The van der Waals surface area contributed by atoms with Crippen LogP contribution in [-0.4, -0.2) is 17.8 Å². The maximum absolute atomic E-state index is 12.5. The van der Waals surface area contributed by atoms with Gasteiger partial charge in [-0.1, -0.05) is 17.7 Å². The quantitative estimate of drug-likeness (QED) is 0.477. The van der Waals surface area contributed by atoms with E-state index in [1.165, 1.54) is 11.8 Å². The van der Waals surface area contributed by atoms with Gasteiger partial charge in [-0.25, -0.2) is 0 Å². The number of anilines is 1. The minimum Gasteiger partial charge on any atom is -0.427 e. The van der Waals surface area contributed by atoms with Crippen molar-refractivity contribution in [3.63, 3.8) is 0 Å². The van der Waals surface area contributed by atoms with Gasteiger partial charge in [0.05, 0.1) is 17.5 Å². The van der Waals surface area contributed by atoms with Crippen LogP contribution in [-0.2, 0) is 14.4 Å². The SMILES string of the molecule is CC(=O)Oc1ccc(N2C(=O)[C@H]3CC=C(Cl)C[C@H]3C2=O)cc1. The van der Waals surface area contributed by atoms with Crippen molar-refractivity contribution in [1.82, 2.24) is 0 Å². The van der Waals surface area contributed by atoms with E-state index in [9.17, 15) is 14.4 Å². The standard InChI is InChI=1S/C16H14ClNO4/c1-9(19)22-12-5-3-11(4-6-12)18-15(20)13-7-2-10(17)8-14(13)16(18)21/h2-6,13-14H,7-8H2,1H3/t13-,14+/m0/s1. The number of hydrogen-bond acceptors (Lipinski definition) is 4. The van der Waals surface area contributed by atoms with Gasteiger partial charge < -0.3 is 4.74 Å². The number of fused-ring (bicyclic) bond motifs is 1. The van der Waals surface area contributed by atoms with Crippen LogP contribution >= 0.6 is 11.6 Å². The molecule has 5 nitrogen and oxygen atoms in total.